The van der Waals surface area contributed by atoms with Crippen molar-refractivity contribution in [3.63, 3.8) is 0 Å². The highest BCUT2D eigenvalue weighted by atomic mass is 35.5. The van der Waals surface area contributed by atoms with Gasteiger partial charge in [-0.15, -0.1) is 0 Å². The molecule has 38 heavy (non-hydrogen) atoms. The van der Waals surface area contributed by atoms with Crippen LogP contribution in [0.15, 0.2) is 48.8 Å². The quantitative estimate of drug-likeness (QED) is 0.355. The van der Waals surface area contributed by atoms with Gasteiger partial charge in [-0.05, 0) is 57.4 Å². The Morgan fingerprint density at radius 3 is 2.71 bits per heavy atom. The molecule has 1 saturated heterocycles. The molecular weight excluding hydrogens is 509 g/mol. The Balaban J connectivity index is 1.39. The van der Waals surface area contributed by atoms with Gasteiger partial charge in [0.15, 0.2) is 0 Å². The van der Waals surface area contributed by atoms with E-state index in [2.05, 4.69) is 39.3 Å². The number of fused-ring (bicyclic) bond motifs is 1. The number of nitrogens with zero attached hydrogens (tertiary/aromatic N) is 3. The van der Waals surface area contributed by atoms with Crippen LogP contribution in [0.3, 0.4) is 0 Å². The first-order chi connectivity index (χ1) is 18.4. The van der Waals surface area contributed by atoms with Crippen LogP contribution in [0.4, 0.5) is 21.6 Å². The smallest absolute Gasteiger partial charge is 0.248 e. The van der Waals surface area contributed by atoms with Gasteiger partial charge in [0.1, 0.15) is 23.7 Å². The number of carbonyl (C=O) groups is 1. The number of hydrogen-bond acceptors (Lipinski definition) is 7. The van der Waals surface area contributed by atoms with Crippen LogP contribution in [0.5, 0.6) is 5.75 Å². The highest BCUT2D eigenvalue weighted by Gasteiger charge is 2.24. The van der Waals surface area contributed by atoms with Gasteiger partial charge in [0.05, 0.1) is 35.5 Å². The molecule has 2 heterocycles. The summed E-state index contributed by atoms with van der Waals surface area (Å²) in [7, 11) is 0. The van der Waals surface area contributed by atoms with E-state index in [-0.39, 0.29) is 29.1 Å². The molecule has 2 aliphatic rings. The first-order valence-electron chi connectivity index (χ1n) is 12.9. The number of halogens is 2. The normalized spacial score (nSPS) is 20.4. The fraction of sp³-hybridized carbons (Fsp3) is 0.393. The Bertz CT molecular complexity index is 1340. The Morgan fingerprint density at radius 1 is 1.21 bits per heavy atom. The van der Waals surface area contributed by atoms with Crippen molar-refractivity contribution in [3.8, 4) is 5.75 Å². The lowest BCUT2D eigenvalue weighted by atomic mass is 9.96. The van der Waals surface area contributed by atoms with E-state index in [9.17, 15) is 9.18 Å². The summed E-state index contributed by atoms with van der Waals surface area (Å²) >= 11 is 5.95. The highest BCUT2D eigenvalue weighted by Crippen LogP contribution is 2.36. The Kier molecular flexibility index (Phi) is 8.06. The summed E-state index contributed by atoms with van der Waals surface area (Å²) in [4.78, 5) is 24.0. The average Bonchev–Trinajstić information content (AvgIpc) is 2.86. The number of benzene rings is 2. The number of nitrogens with one attached hydrogen (secondary N) is 2. The van der Waals surface area contributed by atoms with Gasteiger partial charge in [-0.25, -0.2) is 14.4 Å². The number of morpholine rings is 1. The van der Waals surface area contributed by atoms with Gasteiger partial charge in [0, 0.05) is 41.8 Å². The first kappa shape index (κ1) is 26.3. The molecular formula is C28H31ClFN5O3. The molecule has 1 aliphatic heterocycles. The number of anilines is 3. The standard InChI is InChI=1S/C28H31ClFN5O3/c1-17-14-37-15-18(2)35(17)10-4-7-27(36)34-25-12-21-24(13-26(25)38-20-5-3-6-20)31-16-32-28(21)33-19-8-9-23(30)22(29)11-19/h4,7-9,11-13,16-18,20H,3,5-6,10,14-15H2,1-2H3,(H,34,36)(H,31,32,33). The first-order valence-corrected chi connectivity index (χ1v) is 13.2. The molecule has 2 aromatic carbocycles. The topological polar surface area (TPSA) is 88.6 Å². The van der Waals surface area contributed by atoms with E-state index in [0.717, 1.165) is 19.3 Å². The summed E-state index contributed by atoms with van der Waals surface area (Å²) in [6.07, 6.45) is 8.05. The fourth-order valence-corrected chi connectivity index (χ4v) is 4.79. The summed E-state index contributed by atoms with van der Waals surface area (Å²) in [6, 6.07) is 8.54. The van der Waals surface area contributed by atoms with Crippen molar-refractivity contribution in [2.24, 2.45) is 0 Å². The number of carbonyl (C=O) groups excluding carboxylic acids is 1. The van der Waals surface area contributed by atoms with Gasteiger partial charge >= 0.3 is 0 Å². The monoisotopic (exact) mass is 539 g/mol. The second kappa shape index (κ2) is 11.6. The largest absolute Gasteiger partial charge is 0.488 e. The zero-order chi connectivity index (χ0) is 26.6. The molecule has 3 aromatic rings. The van der Waals surface area contributed by atoms with Gasteiger partial charge in [0.2, 0.25) is 5.91 Å². The van der Waals surface area contributed by atoms with E-state index < -0.39 is 5.82 Å². The number of ether oxygens (including phenoxy) is 2. The van der Waals surface area contributed by atoms with Crippen LogP contribution in [0.1, 0.15) is 33.1 Å². The minimum absolute atomic E-state index is 0.00477. The second-order valence-electron chi connectivity index (χ2n) is 9.84. The SMILES string of the molecule is CC1COCC(C)N1CC=CC(=O)Nc1cc2c(Nc3ccc(F)c(Cl)c3)ncnc2cc1OC1CCC1. The van der Waals surface area contributed by atoms with Crippen molar-refractivity contribution in [1.29, 1.82) is 0 Å². The van der Waals surface area contributed by atoms with Crippen LogP contribution < -0.4 is 15.4 Å². The lowest BCUT2D eigenvalue weighted by Crippen LogP contribution is -2.49. The molecule has 2 N–H and O–H groups in total. The molecule has 1 saturated carbocycles. The zero-order valence-corrected chi connectivity index (χ0v) is 22.2. The van der Waals surface area contributed by atoms with Gasteiger partial charge in [-0.2, -0.15) is 0 Å². The zero-order valence-electron chi connectivity index (χ0n) is 21.4. The third kappa shape index (κ3) is 6.06. The van der Waals surface area contributed by atoms with Crippen LogP contribution >= 0.6 is 11.6 Å². The Hall–Kier alpha value is -3.27. The summed E-state index contributed by atoms with van der Waals surface area (Å²) in [6.45, 7) is 6.27. The molecule has 2 unspecified atom stereocenters. The Morgan fingerprint density at radius 2 is 2.00 bits per heavy atom. The summed E-state index contributed by atoms with van der Waals surface area (Å²) < 4.78 is 25.4. The second-order valence-corrected chi connectivity index (χ2v) is 10.2. The van der Waals surface area contributed by atoms with Gasteiger partial charge in [-0.3, -0.25) is 9.69 Å². The number of aromatic nitrogens is 2. The molecule has 2 atom stereocenters. The van der Waals surface area contributed by atoms with E-state index in [1.54, 1.807) is 18.2 Å². The molecule has 5 rings (SSSR count). The van der Waals surface area contributed by atoms with Crippen LogP contribution in [-0.4, -0.2) is 58.7 Å². The number of rotatable bonds is 8. The van der Waals surface area contributed by atoms with Crippen LogP contribution in [0.2, 0.25) is 5.02 Å². The minimum atomic E-state index is -0.502. The molecule has 1 aliphatic carbocycles. The molecule has 2 fully saturated rings. The van der Waals surface area contributed by atoms with E-state index in [4.69, 9.17) is 21.1 Å². The summed E-state index contributed by atoms with van der Waals surface area (Å²) in [5, 5.41) is 6.82. The maximum absolute atomic E-state index is 13.6. The lowest BCUT2D eigenvalue weighted by molar-refractivity contribution is -0.112. The molecule has 1 aromatic heterocycles. The predicted molar refractivity (Wildman–Crippen MR) is 147 cm³/mol. The van der Waals surface area contributed by atoms with E-state index in [0.29, 0.717) is 53.6 Å². The van der Waals surface area contributed by atoms with Gasteiger partial charge < -0.3 is 20.1 Å². The van der Waals surface area contributed by atoms with E-state index >= 15 is 0 Å². The summed E-state index contributed by atoms with van der Waals surface area (Å²) in [5.74, 6) is 0.300. The van der Waals surface area contributed by atoms with Crippen LogP contribution in [-0.2, 0) is 9.53 Å². The van der Waals surface area contributed by atoms with Crippen molar-refractivity contribution in [3.05, 3.63) is 59.7 Å². The molecule has 1 amide bonds. The molecule has 8 nitrogen and oxygen atoms in total. The van der Waals surface area contributed by atoms with Crippen molar-refractivity contribution in [2.75, 3.05) is 30.4 Å². The highest BCUT2D eigenvalue weighted by molar-refractivity contribution is 6.31. The lowest BCUT2D eigenvalue weighted by Gasteiger charge is -2.37. The summed E-state index contributed by atoms with van der Waals surface area (Å²) in [5.41, 5.74) is 1.75. The van der Waals surface area contributed by atoms with Crippen molar-refractivity contribution in [2.45, 2.75) is 51.3 Å². The molecule has 0 spiro atoms. The number of amides is 1. The van der Waals surface area contributed by atoms with E-state index in [1.807, 2.05) is 12.1 Å². The predicted octanol–water partition coefficient (Wildman–Crippen LogP) is 5.70. The van der Waals surface area contributed by atoms with Gasteiger partial charge in [0.25, 0.3) is 0 Å². The van der Waals surface area contributed by atoms with Crippen molar-refractivity contribution in [1.82, 2.24) is 14.9 Å². The van der Waals surface area contributed by atoms with Gasteiger partial charge in [-0.1, -0.05) is 17.7 Å². The van der Waals surface area contributed by atoms with Crippen molar-refractivity contribution >= 4 is 45.6 Å². The van der Waals surface area contributed by atoms with Crippen LogP contribution in [0, 0.1) is 5.82 Å². The molecule has 0 bridgehead atoms. The van der Waals surface area contributed by atoms with Crippen molar-refractivity contribution < 1.29 is 18.7 Å². The number of hydrogen-bond donors (Lipinski definition) is 2. The molecule has 200 valence electrons. The maximum atomic E-state index is 13.6. The Labute approximate surface area is 226 Å². The van der Waals surface area contributed by atoms with Crippen LogP contribution in [0.25, 0.3) is 10.9 Å². The molecule has 0 radical (unpaired) electrons. The average molecular weight is 540 g/mol. The third-order valence-electron chi connectivity index (χ3n) is 6.96. The van der Waals surface area contributed by atoms with E-state index in [1.165, 1.54) is 18.5 Å². The maximum Gasteiger partial charge on any atom is 0.248 e. The molecule has 10 heteroatoms. The third-order valence-corrected chi connectivity index (χ3v) is 7.25. The minimum Gasteiger partial charge on any atom is -0.488 e. The fourth-order valence-electron chi connectivity index (χ4n) is 4.61.